The Morgan fingerprint density at radius 2 is 1.79 bits per heavy atom. The van der Waals surface area contributed by atoms with Gasteiger partial charge in [0.1, 0.15) is 0 Å². The fourth-order valence-electron chi connectivity index (χ4n) is 2.16. The fourth-order valence-corrected chi connectivity index (χ4v) is 3.59. The van der Waals surface area contributed by atoms with Crippen LogP contribution in [-0.2, 0) is 0 Å². The molecule has 3 heteroatoms. The van der Waals surface area contributed by atoms with E-state index in [9.17, 15) is 0 Å². The minimum absolute atomic E-state index is 0.317. The molecule has 3 rings (SSSR count). The second-order valence-corrected chi connectivity index (χ2v) is 7.06. The van der Waals surface area contributed by atoms with Crippen molar-refractivity contribution < 1.29 is 0 Å². The molecule has 0 radical (unpaired) electrons. The Morgan fingerprint density at radius 3 is 2.53 bits per heavy atom. The Bertz CT molecular complexity index is 705. The topological polar surface area (TPSA) is 12.0 Å². The minimum Gasteiger partial charge on any atom is -0.378 e. The van der Waals surface area contributed by atoms with Crippen LogP contribution in [0.2, 0.25) is 0 Å². The first-order chi connectivity index (χ1) is 9.22. The molecule has 0 aliphatic rings. The van der Waals surface area contributed by atoms with Crippen molar-refractivity contribution in [3.63, 3.8) is 0 Å². The van der Waals surface area contributed by atoms with Gasteiger partial charge < -0.3 is 5.32 Å². The van der Waals surface area contributed by atoms with Crippen LogP contribution in [-0.4, -0.2) is 0 Å². The van der Waals surface area contributed by atoms with Gasteiger partial charge in [-0.1, -0.05) is 30.3 Å². The third-order valence-electron chi connectivity index (χ3n) is 3.15. The molecule has 0 fully saturated rings. The molecule has 1 atom stereocenters. The first kappa shape index (κ1) is 12.7. The van der Waals surface area contributed by atoms with Crippen LogP contribution in [0.5, 0.6) is 0 Å². The van der Waals surface area contributed by atoms with E-state index < -0.39 is 0 Å². The highest BCUT2D eigenvalue weighted by atomic mass is 79.9. The SMILES string of the molecule is CC(Nc1ccc2ccccc2c1)c1ccc(Br)s1. The van der Waals surface area contributed by atoms with Gasteiger partial charge >= 0.3 is 0 Å². The van der Waals surface area contributed by atoms with Crippen LogP contribution in [0.4, 0.5) is 5.69 Å². The first-order valence-corrected chi connectivity index (χ1v) is 7.84. The molecule has 19 heavy (non-hydrogen) atoms. The van der Waals surface area contributed by atoms with Gasteiger partial charge in [-0.15, -0.1) is 11.3 Å². The van der Waals surface area contributed by atoms with Crippen molar-refractivity contribution in [2.24, 2.45) is 0 Å². The molecule has 0 bridgehead atoms. The summed E-state index contributed by atoms with van der Waals surface area (Å²) in [6.45, 7) is 2.19. The van der Waals surface area contributed by atoms with E-state index in [1.54, 1.807) is 11.3 Å². The molecule has 3 aromatic rings. The second kappa shape index (κ2) is 5.35. The van der Waals surface area contributed by atoms with Gasteiger partial charge in [0.2, 0.25) is 0 Å². The van der Waals surface area contributed by atoms with Crippen LogP contribution in [0.15, 0.2) is 58.4 Å². The van der Waals surface area contributed by atoms with E-state index in [-0.39, 0.29) is 0 Å². The normalized spacial score (nSPS) is 12.5. The molecular formula is C16H14BrNS. The number of hydrogen-bond donors (Lipinski definition) is 1. The number of rotatable bonds is 3. The van der Waals surface area contributed by atoms with E-state index in [2.05, 4.69) is 82.8 Å². The number of benzene rings is 2. The highest BCUT2D eigenvalue weighted by molar-refractivity contribution is 9.11. The van der Waals surface area contributed by atoms with E-state index in [0.717, 1.165) is 5.69 Å². The molecule has 0 aliphatic heterocycles. The molecule has 1 unspecified atom stereocenters. The Hall–Kier alpha value is -1.32. The van der Waals surface area contributed by atoms with E-state index >= 15 is 0 Å². The van der Waals surface area contributed by atoms with Crippen molar-refractivity contribution in [1.29, 1.82) is 0 Å². The van der Waals surface area contributed by atoms with Crippen molar-refractivity contribution >= 4 is 43.7 Å². The predicted molar refractivity (Wildman–Crippen MR) is 88.0 cm³/mol. The van der Waals surface area contributed by atoms with Gasteiger partial charge in [-0.3, -0.25) is 0 Å². The maximum atomic E-state index is 3.55. The van der Waals surface area contributed by atoms with Crippen molar-refractivity contribution in [1.82, 2.24) is 0 Å². The van der Waals surface area contributed by atoms with Gasteiger partial charge in [-0.2, -0.15) is 0 Å². The number of anilines is 1. The van der Waals surface area contributed by atoms with Gasteiger partial charge in [0, 0.05) is 10.6 Å². The third kappa shape index (κ3) is 2.82. The van der Waals surface area contributed by atoms with Crippen LogP contribution in [0, 0.1) is 0 Å². The van der Waals surface area contributed by atoms with Crippen LogP contribution in [0.1, 0.15) is 17.8 Å². The van der Waals surface area contributed by atoms with Gasteiger partial charge in [0.05, 0.1) is 9.83 Å². The predicted octanol–water partition coefficient (Wildman–Crippen LogP) is 5.84. The van der Waals surface area contributed by atoms with Crippen LogP contribution >= 0.6 is 27.3 Å². The summed E-state index contributed by atoms with van der Waals surface area (Å²) in [5, 5.41) is 6.10. The molecular weight excluding hydrogens is 318 g/mol. The Balaban J connectivity index is 1.84. The van der Waals surface area contributed by atoms with Crippen LogP contribution in [0.3, 0.4) is 0 Å². The summed E-state index contributed by atoms with van der Waals surface area (Å²) in [5.74, 6) is 0. The highest BCUT2D eigenvalue weighted by Crippen LogP contribution is 2.30. The largest absolute Gasteiger partial charge is 0.378 e. The second-order valence-electron chi connectivity index (χ2n) is 4.57. The molecule has 0 saturated carbocycles. The standard InChI is InChI=1S/C16H14BrNS/c1-11(15-8-9-16(17)19-15)18-14-7-6-12-4-2-3-5-13(12)10-14/h2-11,18H,1H3. The quantitative estimate of drug-likeness (QED) is 0.635. The Labute approximate surface area is 125 Å². The molecule has 96 valence electrons. The lowest BCUT2D eigenvalue weighted by atomic mass is 10.1. The lowest BCUT2D eigenvalue weighted by molar-refractivity contribution is 0.909. The van der Waals surface area contributed by atoms with Crippen molar-refractivity contribution in [3.05, 3.63) is 63.3 Å². The van der Waals surface area contributed by atoms with E-state index in [0.29, 0.717) is 6.04 Å². The van der Waals surface area contributed by atoms with E-state index in [1.165, 1.54) is 19.4 Å². The van der Waals surface area contributed by atoms with E-state index in [1.807, 2.05) is 0 Å². The summed E-state index contributed by atoms with van der Waals surface area (Å²) in [5.41, 5.74) is 1.16. The molecule has 1 aromatic heterocycles. The van der Waals surface area contributed by atoms with Gasteiger partial charge in [-0.05, 0) is 57.9 Å². The zero-order valence-corrected chi connectivity index (χ0v) is 13.0. The number of hydrogen-bond acceptors (Lipinski definition) is 2. The lowest BCUT2D eigenvalue weighted by Gasteiger charge is -2.14. The maximum absolute atomic E-state index is 3.55. The summed E-state index contributed by atoms with van der Waals surface area (Å²) in [4.78, 5) is 1.33. The summed E-state index contributed by atoms with van der Waals surface area (Å²) < 4.78 is 1.18. The molecule has 2 aromatic carbocycles. The third-order valence-corrected chi connectivity index (χ3v) is 4.96. The van der Waals surface area contributed by atoms with Crippen LogP contribution < -0.4 is 5.32 Å². The van der Waals surface area contributed by atoms with Gasteiger partial charge in [-0.25, -0.2) is 0 Å². The number of fused-ring (bicyclic) bond motifs is 1. The monoisotopic (exact) mass is 331 g/mol. The van der Waals surface area contributed by atoms with Crippen LogP contribution in [0.25, 0.3) is 10.8 Å². The number of halogens is 1. The molecule has 1 N–H and O–H groups in total. The minimum atomic E-state index is 0.317. The zero-order chi connectivity index (χ0) is 13.2. The van der Waals surface area contributed by atoms with Crippen molar-refractivity contribution in [2.75, 3.05) is 5.32 Å². The van der Waals surface area contributed by atoms with E-state index in [4.69, 9.17) is 0 Å². The molecule has 0 saturated heterocycles. The fraction of sp³-hybridized carbons (Fsp3) is 0.125. The average molecular weight is 332 g/mol. The lowest BCUT2D eigenvalue weighted by Crippen LogP contribution is -2.04. The smallest absolute Gasteiger partial charge is 0.0702 e. The summed E-state index contributed by atoms with van der Waals surface area (Å²) in [7, 11) is 0. The van der Waals surface area contributed by atoms with Gasteiger partial charge in [0.15, 0.2) is 0 Å². The van der Waals surface area contributed by atoms with Crippen molar-refractivity contribution in [2.45, 2.75) is 13.0 Å². The average Bonchev–Trinajstić information content (AvgIpc) is 2.85. The summed E-state index contributed by atoms with van der Waals surface area (Å²) >= 11 is 5.28. The Kier molecular flexibility index (Phi) is 3.58. The molecule has 0 aliphatic carbocycles. The number of thiophene rings is 1. The first-order valence-electron chi connectivity index (χ1n) is 6.23. The molecule has 1 heterocycles. The zero-order valence-electron chi connectivity index (χ0n) is 10.6. The number of nitrogens with one attached hydrogen (secondary N) is 1. The summed E-state index contributed by atoms with van der Waals surface area (Å²) in [6, 6.07) is 19.5. The molecule has 0 spiro atoms. The maximum Gasteiger partial charge on any atom is 0.0702 e. The highest BCUT2D eigenvalue weighted by Gasteiger charge is 2.08. The molecule has 0 amide bonds. The molecule has 1 nitrogen and oxygen atoms in total. The summed E-state index contributed by atoms with van der Waals surface area (Å²) in [6.07, 6.45) is 0. The van der Waals surface area contributed by atoms with Crippen molar-refractivity contribution in [3.8, 4) is 0 Å². The Morgan fingerprint density at radius 1 is 1.00 bits per heavy atom. The van der Waals surface area contributed by atoms with Gasteiger partial charge in [0.25, 0.3) is 0 Å².